The molecule has 4 aromatic rings. The number of rotatable bonds is 15. The van der Waals surface area contributed by atoms with Gasteiger partial charge in [-0.25, -0.2) is 4.79 Å². The summed E-state index contributed by atoms with van der Waals surface area (Å²) in [6, 6.07) is 23.9. The average molecular weight is 659 g/mol. The number of fused-ring (bicyclic) bond motifs is 3. The number of hydrogen-bond acceptors (Lipinski definition) is 6. The first-order valence-electron chi connectivity index (χ1n) is 15.5. The molecule has 0 fully saturated rings. The zero-order valence-corrected chi connectivity index (χ0v) is 27.6. The fourth-order valence-corrected chi connectivity index (χ4v) is 5.63. The van der Waals surface area contributed by atoms with Crippen molar-refractivity contribution in [1.29, 1.82) is 0 Å². The van der Waals surface area contributed by atoms with Crippen molar-refractivity contribution >= 4 is 57.6 Å². The molecule has 4 aromatic carbocycles. The molecule has 3 atom stereocenters. The molecule has 0 aliphatic heterocycles. The lowest BCUT2D eigenvalue weighted by Gasteiger charge is -2.24. The van der Waals surface area contributed by atoms with E-state index in [0.29, 0.717) is 25.8 Å². The Balaban J connectivity index is 0.00000600. The van der Waals surface area contributed by atoms with E-state index in [4.69, 9.17) is 10.5 Å². The molecule has 9 nitrogen and oxygen atoms in total. The summed E-state index contributed by atoms with van der Waals surface area (Å²) in [4.78, 5) is 51.1. The zero-order valence-electron chi connectivity index (χ0n) is 26.8. The van der Waals surface area contributed by atoms with Crippen LogP contribution in [-0.2, 0) is 30.3 Å². The first-order valence-corrected chi connectivity index (χ1v) is 15.5. The highest BCUT2D eigenvalue weighted by Crippen LogP contribution is 2.35. The molecule has 0 bridgehead atoms. The fraction of sp³-hybridized carbons (Fsp3) is 0.297. The molecule has 248 valence electrons. The number of nitrogens with two attached hydrogens (primary N) is 1. The number of halogens is 1. The van der Waals surface area contributed by atoms with E-state index in [2.05, 4.69) is 52.9 Å². The largest absolute Gasteiger partial charge is 0.467 e. The lowest BCUT2D eigenvalue weighted by molar-refractivity contribution is -0.145. The molecule has 0 unspecified atom stereocenters. The maximum atomic E-state index is 13.6. The minimum Gasteiger partial charge on any atom is -0.467 e. The van der Waals surface area contributed by atoms with Gasteiger partial charge in [0.1, 0.15) is 18.1 Å². The molecule has 0 spiro atoms. The molecule has 0 aliphatic rings. The third-order valence-corrected chi connectivity index (χ3v) is 7.95. The summed E-state index contributed by atoms with van der Waals surface area (Å²) >= 11 is 0. The van der Waals surface area contributed by atoms with E-state index in [0.717, 1.165) is 27.5 Å². The molecular formula is C37H43ClN4O5. The third-order valence-electron chi connectivity index (χ3n) is 7.95. The Morgan fingerprint density at radius 2 is 1.43 bits per heavy atom. The molecule has 0 saturated carbocycles. The van der Waals surface area contributed by atoms with Crippen molar-refractivity contribution in [2.24, 2.45) is 5.73 Å². The van der Waals surface area contributed by atoms with Gasteiger partial charge in [-0.1, -0.05) is 78.9 Å². The van der Waals surface area contributed by atoms with E-state index in [1.54, 1.807) is 0 Å². The van der Waals surface area contributed by atoms with Crippen LogP contribution in [0.2, 0.25) is 0 Å². The van der Waals surface area contributed by atoms with Gasteiger partial charge in [-0.2, -0.15) is 0 Å². The molecule has 0 aliphatic carbocycles. The maximum Gasteiger partial charge on any atom is 0.328 e. The summed E-state index contributed by atoms with van der Waals surface area (Å²) in [6.07, 6.45) is 3.42. The highest BCUT2D eigenvalue weighted by atomic mass is 35.5. The van der Waals surface area contributed by atoms with Crippen LogP contribution in [0.15, 0.2) is 91.5 Å². The lowest BCUT2D eigenvalue weighted by Crippen LogP contribution is -2.56. The number of carbonyl (C=O) groups excluding carboxylic acids is 4. The van der Waals surface area contributed by atoms with Crippen molar-refractivity contribution in [1.82, 2.24) is 16.0 Å². The van der Waals surface area contributed by atoms with Gasteiger partial charge in [-0.15, -0.1) is 19.0 Å². The number of amides is 3. The summed E-state index contributed by atoms with van der Waals surface area (Å²) in [5.74, 6) is -2.03. The standard InChI is InChI=1S/C37H42N4O5.ClH/c1-4-11-33(37(45)46-3)41-35(43)32(16-9-10-21-38)40-36(44)34(39-24(2)42)22-25-17-19-26(20-18-25)31-23-27-12-5-6-13-28(27)29-14-7-8-15-30(29)31;/h4-8,12-15,17-20,23,32-34H,1,9-11,16,21-22,38H2,2-3H3,(H,39,42)(H,40,44)(H,41,43);1H/t32-,33-,34-;/m0./s1. The monoisotopic (exact) mass is 658 g/mol. The molecule has 47 heavy (non-hydrogen) atoms. The van der Waals surface area contributed by atoms with Crippen molar-refractivity contribution in [3.05, 3.63) is 97.1 Å². The molecule has 5 N–H and O–H groups in total. The van der Waals surface area contributed by atoms with Gasteiger partial charge in [0.25, 0.3) is 0 Å². The van der Waals surface area contributed by atoms with Crippen LogP contribution in [0.3, 0.4) is 0 Å². The zero-order chi connectivity index (χ0) is 33.1. The first-order chi connectivity index (χ1) is 22.2. The number of methoxy groups -OCH3 is 1. The second kappa shape index (κ2) is 17.8. The van der Waals surface area contributed by atoms with Crippen molar-refractivity contribution in [2.75, 3.05) is 13.7 Å². The number of hydrogen-bond donors (Lipinski definition) is 4. The number of esters is 1. The lowest BCUT2D eigenvalue weighted by atomic mass is 9.92. The fourth-order valence-electron chi connectivity index (χ4n) is 5.63. The van der Waals surface area contributed by atoms with Gasteiger partial charge in [-0.05, 0) is 76.5 Å². The van der Waals surface area contributed by atoms with Crippen molar-refractivity contribution < 1.29 is 23.9 Å². The quantitative estimate of drug-likeness (QED) is 0.0615. The number of unbranched alkanes of at least 4 members (excludes halogenated alkanes) is 1. The van der Waals surface area contributed by atoms with Crippen LogP contribution in [0.4, 0.5) is 0 Å². The molecule has 0 saturated heterocycles. The Hall–Kier alpha value is -4.73. The van der Waals surface area contributed by atoms with E-state index >= 15 is 0 Å². The van der Waals surface area contributed by atoms with Gasteiger partial charge in [0.05, 0.1) is 7.11 Å². The Morgan fingerprint density at radius 3 is 2.06 bits per heavy atom. The highest BCUT2D eigenvalue weighted by molar-refractivity contribution is 6.13. The van der Waals surface area contributed by atoms with E-state index in [1.165, 1.54) is 30.9 Å². The highest BCUT2D eigenvalue weighted by Gasteiger charge is 2.29. The van der Waals surface area contributed by atoms with Crippen LogP contribution in [0.5, 0.6) is 0 Å². The Labute approximate surface area is 281 Å². The summed E-state index contributed by atoms with van der Waals surface area (Å²) < 4.78 is 4.80. The van der Waals surface area contributed by atoms with Gasteiger partial charge < -0.3 is 26.4 Å². The topological polar surface area (TPSA) is 140 Å². The van der Waals surface area contributed by atoms with Crippen molar-refractivity contribution in [3.8, 4) is 11.1 Å². The number of nitrogens with one attached hydrogen (secondary N) is 3. The molecule has 10 heteroatoms. The Morgan fingerprint density at radius 1 is 0.809 bits per heavy atom. The molecular weight excluding hydrogens is 616 g/mol. The number of benzene rings is 4. The third kappa shape index (κ3) is 9.64. The Bertz CT molecular complexity index is 1710. The predicted molar refractivity (Wildman–Crippen MR) is 189 cm³/mol. The first kappa shape index (κ1) is 36.7. The van der Waals surface area contributed by atoms with Gasteiger partial charge in [-0.3, -0.25) is 14.4 Å². The Kier molecular flexibility index (Phi) is 13.9. The number of ether oxygens (including phenoxy) is 1. The van der Waals surface area contributed by atoms with Crippen molar-refractivity contribution in [3.63, 3.8) is 0 Å². The summed E-state index contributed by atoms with van der Waals surface area (Å²) in [6.45, 7) is 5.41. The SMILES string of the molecule is C=CC[C@H](NC(=O)[C@H](CCCCN)NC(=O)[C@H](Cc1ccc(-c2cc3ccccc3c3ccccc23)cc1)NC(C)=O)C(=O)OC.Cl. The second-order valence-corrected chi connectivity index (χ2v) is 11.3. The summed E-state index contributed by atoms with van der Waals surface area (Å²) in [7, 11) is 1.24. The summed E-state index contributed by atoms with van der Waals surface area (Å²) in [5, 5.41) is 12.8. The minimum absolute atomic E-state index is 0. The van der Waals surface area contributed by atoms with Crippen LogP contribution in [-0.4, -0.2) is 55.5 Å². The molecule has 0 radical (unpaired) electrons. The van der Waals surface area contributed by atoms with Gasteiger partial charge in [0, 0.05) is 13.3 Å². The van der Waals surface area contributed by atoms with Crippen LogP contribution in [0.1, 0.15) is 38.2 Å². The molecule has 0 heterocycles. The second-order valence-electron chi connectivity index (χ2n) is 11.3. The summed E-state index contributed by atoms with van der Waals surface area (Å²) in [5.41, 5.74) is 8.62. The molecule has 4 rings (SSSR count). The maximum absolute atomic E-state index is 13.6. The van der Waals surface area contributed by atoms with Gasteiger partial charge in [0.15, 0.2) is 0 Å². The van der Waals surface area contributed by atoms with Gasteiger partial charge in [0.2, 0.25) is 17.7 Å². The smallest absolute Gasteiger partial charge is 0.328 e. The van der Waals surface area contributed by atoms with E-state index in [1.807, 2.05) is 48.5 Å². The normalized spacial score (nSPS) is 12.7. The van der Waals surface area contributed by atoms with Crippen LogP contribution in [0, 0.1) is 0 Å². The molecule has 3 amide bonds. The van der Waals surface area contributed by atoms with E-state index < -0.39 is 35.9 Å². The predicted octanol–water partition coefficient (Wildman–Crippen LogP) is 4.98. The number of carbonyl (C=O) groups is 4. The van der Waals surface area contributed by atoms with Crippen LogP contribution < -0.4 is 21.7 Å². The average Bonchev–Trinajstić information content (AvgIpc) is 3.06. The molecule has 0 aromatic heterocycles. The van der Waals surface area contributed by atoms with Crippen LogP contribution in [0.25, 0.3) is 32.7 Å². The van der Waals surface area contributed by atoms with Crippen molar-refractivity contribution in [2.45, 2.75) is 57.2 Å². The minimum atomic E-state index is -0.948. The van der Waals surface area contributed by atoms with E-state index in [-0.39, 0.29) is 31.2 Å². The van der Waals surface area contributed by atoms with Crippen LogP contribution >= 0.6 is 12.4 Å². The van der Waals surface area contributed by atoms with E-state index in [9.17, 15) is 19.2 Å². The van der Waals surface area contributed by atoms with Gasteiger partial charge >= 0.3 is 5.97 Å².